The quantitative estimate of drug-likeness (QED) is 0.445. The van der Waals surface area contributed by atoms with Gasteiger partial charge < -0.3 is 0 Å². The van der Waals surface area contributed by atoms with Crippen molar-refractivity contribution in [3.8, 4) is 0 Å². The molecular weight excluding hydrogens is 327 g/mol. The summed E-state index contributed by atoms with van der Waals surface area (Å²) in [6.07, 6.45) is -3.86. The van der Waals surface area contributed by atoms with Gasteiger partial charge in [0.05, 0.1) is 10.5 Å². The molecule has 0 aliphatic heterocycles. The molecule has 0 radical (unpaired) electrons. The van der Waals surface area contributed by atoms with Crippen molar-refractivity contribution < 1.29 is 18.1 Å². The van der Waals surface area contributed by atoms with Crippen molar-refractivity contribution in [3.05, 3.63) is 39.4 Å². The molecule has 7 heteroatoms. The summed E-state index contributed by atoms with van der Waals surface area (Å²) in [6.45, 7) is 3.64. The Morgan fingerprint density at radius 3 is 2.42 bits per heavy atom. The Bertz CT molecular complexity index is 477. The van der Waals surface area contributed by atoms with E-state index in [1.165, 1.54) is 6.07 Å². The van der Waals surface area contributed by atoms with Crippen LogP contribution in [-0.4, -0.2) is 9.75 Å². The lowest BCUT2D eigenvalue weighted by atomic mass is 9.93. The molecule has 0 aliphatic rings. The SMILES string of the molecule is CCC(Br)C(C)c1ccc(C(F)(F)F)cc1[N+](=O)[O-]. The average Bonchev–Trinajstić information content (AvgIpc) is 2.35. The van der Waals surface area contributed by atoms with Crippen molar-refractivity contribution in [3.63, 3.8) is 0 Å². The number of rotatable bonds is 4. The van der Waals surface area contributed by atoms with Crippen LogP contribution in [-0.2, 0) is 6.18 Å². The molecule has 0 bridgehead atoms. The van der Waals surface area contributed by atoms with Crippen molar-refractivity contribution in [1.29, 1.82) is 0 Å². The van der Waals surface area contributed by atoms with Gasteiger partial charge in [-0.25, -0.2) is 0 Å². The molecule has 0 spiro atoms. The lowest BCUT2D eigenvalue weighted by molar-refractivity contribution is -0.386. The van der Waals surface area contributed by atoms with Gasteiger partial charge in [-0.2, -0.15) is 13.2 Å². The maximum absolute atomic E-state index is 12.6. The van der Waals surface area contributed by atoms with Crippen molar-refractivity contribution >= 4 is 21.6 Å². The maximum atomic E-state index is 12.6. The van der Waals surface area contributed by atoms with Gasteiger partial charge in [0.1, 0.15) is 0 Å². The number of hydrogen-bond acceptors (Lipinski definition) is 2. The largest absolute Gasteiger partial charge is 0.416 e. The smallest absolute Gasteiger partial charge is 0.258 e. The van der Waals surface area contributed by atoms with Crippen molar-refractivity contribution in [2.75, 3.05) is 0 Å². The van der Waals surface area contributed by atoms with Gasteiger partial charge in [0, 0.05) is 22.4 Å². The van der Waals surface area contributed by atoms with Crippen LogP contribution in [0.3, 0.4) is 0 Å². The Morgan fingerprint density at radius 1 is 1.42 bits per heavy atom. The van der Waals surface area contributed by atoms with Gasteiger partial charge in [-0.3, -0.25) is 10.1 Å². The molecular formula is C12H13BrF3NO2. The average molecular weight is 340 g/mol. The van der Waals surface area contributed by atoms with Gasteiger partial charge in [0.25, 0.3) is 5.69 Å². The van der Waals surface area contributed by atoms with E-state index in [-0.39, 0.29) is 10.7 Å². The highest BCUT2D eigenvalue weighted by molar-refractivity contribution is 9.09. The molecule has 0 saturated heterocycles. The molecule has 2 atom stereocenters. The lowest BCUT2D eigenvalue weighted by Gasteiger charge is -2.18. The minimum Gasteiger partial charge on any atom is -0.258 e. The lowest BCUT2D eigenvalue weighted by Crippen LogP contribution is -2.12. The van der Waals surface area contributed by atoms with Crippen molar-refractivity contribution in [1.82, 2.24) is 0 Å². The fraction of sp³-hybridized carbons (Fsp3) is 0.500. The van der Waals surface area contributed by atoms with E-state index >= 15 is 0 Å². The van der Waals surface area contributed by atoms with E-state index in [1.54, 1.807) is 6.92 Å². The number of nitro benzene ring substituents is 1. The summed E-state index contributed by atoms with van der Waals surface area (Å²) in [4.78, 5) is 10.1. The molecule has 1 aromatic carbocycles. The Labute approximate surface area is 117 Å². The number of hydrogen-bond donors (Lipinski definition) is 0. The molecule has 3 nitrogen and oxygen atoms in total. The summed E-state index contributed by atoms with van der Waals surface area (Å²) in [5, 5.41) is 10.9. The second kappa shape index (κ2) is 5.90. The van der Waals surface area contributed by atoms with Crippen LogP contribution in [0.4, 0.5) is 18.9 Å². The number of benzene rings is 1. The Balaban J connectivity index is 3.31. The fourth-order valence-electron chi connectivity index (χ4n) is 1.81. The molecule has 1 aromatic rings. The molecule has 19 heavy (non-hydrogen) atoms. The van der Waals surface area contributed by atoms with E-state index in [1.807, 2.05) is 6.92 Å². The molecule has 0 aromatic heterocycles. The summed E-state index contributed by atoms with van der Waals surface area (Å²) < 4.78 is 37.7. The first-order valence-corrected chi connectivity index (χ1v) is 6.59. The van der Waals surface area contributed by atoms with Gasteiger partial charge in [0.2, 0.25) is 0 Å². The van der Waals surface area contributed by atoms with E-state index in [0.717, 1.165) is 12.5 Å². The molecule has 2 unspecified atom stereocenters. The van der Waals surface area contributed by atoms with Crippen LogP contribution in [0, 0.1) is 10.1 Å². The number of alkyl halides is 4. The first-order chi connectivity index (χ1) is 8.68. The first-order valence-electron chi connectivity index (χ1n) is 5.68. The minimum absolute atomic E-state index is 0.0251. The van der Waals surface area contributed by atoms with Gasteiger partial charge in [0.15, 0.2) is 0 Å². The van der Waals surface area contributed by atoms with Crippen LogP contribution in [0.25, 0.3) is 0 Å². The van der Waals surface area contributed by atoms with E-state index in [4.69, 9.17) is 0 Å². The summed E-state index contributed by atoms with van der Waals surface area (Å²) in [5.41, 5.74) is -1.18. The number of halogens is 4. The summed E-state index contributed by atoms with van der Waals surface area (Å²) >= 11 is 3.38. The molecule has 1 rings (SSSR count). The van der Waals surface area contributed by atoms with Crippen LogP contribution in [0.2, 0.25) is 0 Å². The maximum Gasteiger partial charge on any atom is 0.416 e. The zero-order valence-corrected chi connectivity index (χ0v) is 12.0. The van der Waals surface area contributed by atoms with E-state index in [9.17, 15) is 23.3 Å². The van der Waals surface area contributed by atoms with E-state index < -0.39 is 22.4 Å². The highest BCUT2D eigenvalue weighted by atomic mass is 79.9. The highest BCUT2D eigenvalue weighted by Crippen LogP contribution is 2.37. The predicted molar refractivity (Wildman–Crippen MR) is 69.5 cm³/mol. The summed E-state index contributed by atoms with van der Waals surface area (Å²) in [5.74, 6) is -0.243. The molecule has 0 N–H and O–H groups in total. The van der Waals surface area contributed by atoms with Gasteiger partial charge >= 0.3 is 6.18 Å². The monoisotopic (exact) mass is 339 g/mol. The molecule has 0 saturated carbocycles. The number of nitro groups is 1. The second-order valence-corrected chi connectivity index (χ2v) is 5.42. The molecule has 0 heterocycles. The second-order valence-electron chi connectivity index (χ2n) is 4.24. The topological polar surface area (TPSA) is 43.1 Å². The van der Waals surface area contributed by atoms with Gasteiger partial charge in [-0.1, -0.05) is 35.8 Å². The third-order valence-corrected chi connectivity index (χ3v) is 4.42. The first kappa shape index (κ1) is 15.9. The van der Waals surface area contributed by atoms with Gasteiger partial charge in [-0.05, 0) is 12.5 Å². The fourth-order valence-corrected chi connectivity index (χ4v) is 2.10. The zero-order chi connectivity index (χ0) is 14.8. The van der Waals surface area contributed by atoms with Crippen LogP contribution >= 0.6 is 15.9 Å². The van der Waals surface area contributed by atoms with E-state index in [0.29, 0.717) is 11.6 Å². The summed E-state index contributed by atoms with van der Waals surface area (Å²) in [7, 11) is 0. The van der Waals surface area contributed by atoms with Crippen LogP contribution in [0.15, 0.2) is 18.2 Å². The van der Waals surface area contributed by atoms with Crippen molar-refractivity contribution in [2.45, 2.75) is 37.2 Å². The van der Waals surface area contributed by atoms with Crippen LogP contribution in [0.1, 0.15) is 37.3 Å². The normalized spacial score (nSPS) is 15.1. The Hall–Kier alpha value is -1.11. The molecule has 0 aliphatic carbocycles. The zero-order valence-electron chi connectivity index (χ0n) is 10.4. The van der Waals surface area contributed by atoms with Crippen molar-refractivity contribution in [2.24, 2.45) is 0 Å². The molecule has 0 fully saturated rings. The van der Waals surface area contributed by atoms with E-state index in [2.05, 4.69) is 15.9 Å². The third kappa shape index (κ3) is 3.68. The van der Waals surface area contributed by atoms with Gasteiger partial charge in [-0.15, -0.1) is 0 Å². The predicted octanol–water partition coefficient (Wildman–Crippen LogP) is 4.89. The van der Waals surface area contributed by atoms with Crippen LogP contribution in [0.5, 0.6) is 0 Å². The number of nitrogens with zero attached hydrogens (tertiary/aromatic N) is 1. The molecule has 106 valence electrons. The molecule has 0 amide bonds. The Kier molecular flexibility index (Phi) is 4.95. The minimum atomic E-state index is -4.58. The third-order valence-electron chi connectivity index (χ3n) is 2.98. The Morgan fingerprint density at radius 2 is 2.00 bits per heavy atom. The van der Waals surface area contributed by atoms with Crippen LogP contribution < -0.4 is 0 Å². The standard InChI is InChI=1S/C12H13BrF3NO2/c1-3-10(13)7(2)9-5-4-8(12(14,15)16)6-11(9)17(18)19/h4-7,10H,3H2,1-2H3. The highest BCUT2D eigenvalue weighted by Gasteiger charge is 2.34. The summed E-state index contributed by atoms with van der Waals surface area (Å²) in [6, 6.07) is 2.67.